The first-order chi connectivity index (χ1) is 11.4. The molecule has 0 saturated heterocycles. The zero-order chi connectivity index (χ0) is 17.6. The molecular formula is C18H25N3O2Si. The molecule has 6 heteroatoms. The summed E-state index contributed by atoms with van der Waals surface area (Å²) in [6.07, 6.45) is 4.11. The van der Waals surface area contributed by atoms with Gasteiger partial charge in [0.15, 0.2) is 0 Å². The molecule has 0 N–H and O–H groups in total. The van der Waals surface area contributed by atoms with Crippen LogP contribution in [0.4, 0.5) is 0 Å². The van der Waals surface area contributed by atoms with Gasteiger partial charge in [0, 0.05) is 32.0 Å². The lowest BCUT2D eigenvalue weighted by molar-refractivity contribution is 0.0786. The van der Waals surface area contributed by atoms with Crippen molar-refractivity contribution in [1.29, 1.82) is 5.26 Å². The first-order valence-corrected chi connectivity index (χ1v) is 11.8. The summed E-state index contributed by atoms with van der Waals surface area (Å²) in [6, 6.07) is 9.17. The molecule has 0 unspecified atom stereocenters. The average Bonchev–Trinajstić information content (AvgIpc) is 3.00. The van der Waals surface area contributed by atoms with Crippen molar-refractivity contribution in [3.8, 4) is 22.9 Å². The fourth-order valence-corrected chi connectivity index (χ4v) is 3.06. The van der Waals surface area contributed by atoms with Gasteiger partial charge in [0.1, 0.15) is 12.5 Å². The van der Waals surface area contributed by atoms with Crippen LogP contribution in [0.15, 0.2) is 30.6 Å². The van der Waals surface area contributed by atoms with Gasteiger partial charge in [0.05, 0.1) is 25.8 Å². The number of benzene rings is 1. The summed E-state index contributed by atoms with van der Waals surface area (Å²) < 4.78 is 12.8. The molecule has 2 aromatic rings. The smallest absolute Gasteiger partial charge is 0.139 e. The highest BCUT2D eigenvalue weighted by molar-refractivity contribution is 6.76. The van der Waals surface area contributed by atoms with E-state index in [0.717, 1.165) is 35.1 Å². The van der Waals surface area contributed by atoms with E-state index in [9.17, 15) is 0 Å². The molecule has 0 spiro atoms. The van der Waals surface area contributed by atoms with E-state index in [1.807, 2.05) is 30.6 Å². The van der Waals surface area contributed by atoms with Gasteiger partial charge in [-0.25, -0.2) is 4.68 Å². The number of aromatic nitrogens is 2. The predicted octanol–water partition coefficient (Wildman–Crippen LogP) is 3.94. The first-order valence-electron chi connectivity index (χ1n) is 8.07. The Morgan fingerprint density at radius 2 is 2.04 bits per heavy atom. The lowest BCUT2D eigenvalue weighted by Gasteiger charge is -2.15. The molecule has 0 bridgehead atoms. The predicted molar refractivity (Wildman–Crippen MR) is 97.6 cm³/mol. The maximum Gasteiger partial charge on any atom is 0.139 e. The average molecular weight is 344 g/mol. The second kappa shape index (κ2) is 8.13. The van der Waals surface area contributed by atoms with Crippen LogP contribution in [0.1, 0.15) is 5.56 Å². The first kappa shape index (κ1) is 18.2. The Hall–Kier alpha value is -2.10. The molecule has 0 saturated carbocycles. The summed E-state index contributed by atoms with van der Waals surface area (Å²) >= 11 is 0. The van der Waals surface area contributed by atoms with Gasteiger partial charge in [-0.05, 0) is 23.7 Å². The molecule has 1 aromatic carbocycles. The second-order valence-corrected chi connectivity index (χ2v) is 12.6. The van der Waals surface area contributed by atoms with Gasteiger partial charge in [-0.2, -0.15) is 10.4 Å². The molecule has 0 aliphatic rings. The van der Waals surface area contributed by atoms with Crippen LogP contribution < -0.4 is 4.74 Å². The number of nitriles is 1. The normalized spacial score (nSPS) is 11.3. The van der Waals surface area contributed by atoms with E-state index < -0.39 is 8.07 Å². The molecule has 2 rings (SSSR count). The van der Waals surface area contributed by atoms with Crippen molar-refractivity contribution in [2.45, 2.75) is 38.8 Å². The van der Waals surface area contributed by atoms with Crippen LogP contribution in [-0.4, -0.2) is 31.6 Å². The van der Waals surface area contributed by atoms with Crippen molar-refractivity contribution in [1.82, 2.24) is 9.78 Å². The van der Waals surface area contributed by atoms with Crippen LogP contribution in [0, 0.1) is 11.3 Å². The van der Waals surface area contributed by atoms with Crippen LogP contribution >= 0.6 is 0 Å². The number of rotatable bonds is 8. The molecule has 0 amide bonds. The Kier molecular flexibility index (Phi) is 6.18. The molecule has 0 fully saturated rings. The van der Waals surface area contributed by atoms with Crippen molar-refractivity contribution >= 4 is 8.07 Å². The van der Waals surface area contributed by atoms with E-state index in [0.29, 0.717) is 13.2 Å². The third-order valence-electron chi connectivity index (χ3n) is 3.74. The van der Waals surface area contributed by atoms with Crippen LogP contribution in [0.3, 0.4) is 0 Å². The minimum absolute atomic E-state index is 0.324. The Morgan fingerprint density at radius 3 is 2.71 bits per heavy atom. The zero-order valence-corrected chi connectivity index (χ0v) is 15.9. The molecule has 128 valence electrons. The minimum Gasteiger partial charge on any atom is -0.496 e. The van der Waals surface area contributed by atoms with Gasteiger partial charge in [0.2, 0.25) is 0 Å². The summed E-state index contributed by atoms with van der Waals surface area (Å²) in [5, 5.41) is 13.3. The van der Waals surface area contributed by atoms with Crippen molar-refractivity contribution in [2.24, 2.45) is 0 Å². The monoisotopic (exact) mass is 343 g/mol. The van der Waals surface area contributed by atoms with Gasteiger partial charge in [-0.3, -0.25) is 0 Å². The molecular weight excluding hydrogens is 318 g/mol. The molecule has 5 nitrogen and oxygen atoms in total. The lowest BCUT2D eigenvalue weighted by Crippen LogP contribution is -2.22. The standard InChI is InChI=1S/C18H25N3O2Si/c1-22-18-6-5-15(11-16(18)7-8-19)17-12-20-21(13-17)14-23-9-10-24(2,3)4/h5-6,11-13H,7,9-10,14H2,1-4H3. The highest BCUT2D eigenvalue weighted by Gasteiger charge is 2.12. The van der Waals surface area contributed by atoms with Crippen molar-refractivity contribution in [3.63, 3.8) is 0 Å². The molecule has 0 aliphatic carbocycles. The molecule has 0 radical (unpaired) electrons. The Balaban J connectivity index is 2.02. The summed E-state index contributed by atoms with van der Waals surface area (Å²) in [7, 11) is 0.558. The molecule has 1 heterocycles. The topological polar surface area (TPSA) is 60.1 Å². The second-order valence-electron chi connectivity index (χ2n) is 6.98. The van der Waals surface area contributed by atoms with Gasteiger partial charge in [0.25, 0.3) is 0 Å². The van der Waals surface area contributed by atoms with Crippen molar-refractivity contribution < 1.29 is 9.47 Å². The number of ether oxygens (including phenoxy) is 2. The Morgan fingerprint density at radius 1 is 1.25 bits per heavy atom. The molecule has 0 aliphatic heterocycles. The highest BCUT2D eigenvalue weighted by Crippen LogP contribution is 2.26. The Bertz CT molecular complexity index is 714. The van der Waals surface area contributed by atoms with E-state index in [1.165, 1.54) is 0 Å². The summed E-state index contributed by atoms with van der Waals surface area (Å²) in [5.41, 5.74) is 2.91. The maximum absolute atomic E-state index is 8.95. The number of nitrogens with zero attached hydrogens (tertiary/aromatic N) is 3. The van der Waals surface area contributed by atoms with E-state index in [1.54, 1.807) is 11.8 Å². The Labute approximate surface area is 144 Å². The molecule has 1 aromatic heterocycles. The van der Waals surface area contributed by atoms with Crippen molar-refractivity contribution in [2.75, 3.05) is 13.7 Å². The largest absolute Gasteiger partial charge is 0.496 e. The van der Waals surface area contributed by atoms with Crippen LogP contribution in [0.2, 0.25) is 25.7 Å². The van der Waals surface area contributed by atoms with Crippen molar-refractivity contribution in [3.05, 3.63) is 36.2 Å². The quantitative estimate of drug-likeness (QED) is 0.538. The van der Waals surface area contributed by atoms with Crippen LogP contribution in [0.5, 0.6) is 5.75 Å². The number of hydrogen-bond donors (Lipinski definition) is 0. The summed E-state index contributed by atoms with van der Waals surface area (Å²) in [5.74, 6) is 0.738. The van der Waals surface area contributed by atoms with Crippen LogP contribution in [0.25, 0.3) is 11.1 Å². The van der Waals surface area contributed by atoms with E-state index in [4.69, 9.17) is 14.7 Å². The van der Waals surface area contributed by atoms with Crippen LogP contribution in [-0.2, 0) is 17.9 Å². The number of hydrogen-bond acceptors (Lipinski definition) is 4. The summed E-state index contributed by atoms with van der Waals surface area (Å²) in [6.45, 7) is 8.26. The number of methoxy groups -OCH3 is 1. The van der Waals surface area contributed by atoms with E-state index in [2.05, 4.69) is 30.8 Å². The zero-order valence-electron chi connectivity index (χ0n) is 14.9. The maximum atomic E-state index is 8.95. The van der Waals surface area contributed by atoms with E-state index in [-0.39, 0.29) is 0 Å². The highest BCUT2D eigenvalue weighted by atomic mass is 28.3. The van der Waals surface area contributed by atoms with Gasteiger partial charge in [-0.1, -0.05) is 25.7 Å². The van der Waals surface area contributed by atoms with E-state index >= 15 is 0 Å². The minimum atomic E-state index is -1.06. The third-order valence-corrected chi connectivity index (χ3v) is 5.44. The van der Waals surface area contributed by atoms with Gasteiger partial charge < -0.3 is 9.47 Å². The SMILES string of the molecule is COc1ccc(-c2cnn(COCC[Si](C)(C)C)c2)cc1CC#N. The van der Waals surface area contributed by atoms with Gasteiger partial charge >= 0.3 is 0 Å². The molecule has 0 atom stereocenters. The van der Waals surface area contributed by atoms with Gasteiger partial charge in [-0.15, -0.1) is 0 Å². The third kappa shape index (κ3) is 5.22. The lowest BCUT2D eigenvalue weighted by atomic mass is 10.0. The summed E-state index contributed by atoms with van der Waals surface area (Å²) in [4.78, 5) is 0. The fourth-order valence-electron chi connectivity index (χ4n) is 2.30. The fraction of sp³-hybridized carbons (Fsp3) is 0.444. The molecule has 24 heavy (non-hydrogen) atoms.